The summed E-state index contributed by atoms with van der Waals surface area (Å²) in [4.78, 5) is 34.7. The molecule has 1 aromatic heterocycles. The normalized spacial score (nSPS) is 19.6. The van der Waals surface area contributed by atoms with Gasteiger partial charge in [-0.3, -0.25) is 9.59 Å². The van der Waals surface area contributed by atoms with E-state index in [0.29, 0.717) is 32.9 Å². The van der Waals surface area contributed by atoms with Crippen LogP contribution in [0.15, 0.2) is 12.1 Å². The number of carbonyl (C=O) groups is 2. The zero-order chi connectivity index (χ0) is 18.5. The Kier molecular flexibility index (Phi) is 4.18. The highest BCUT2D eigenvalue weighted by Gasteiger charge is 2.45. The Labute approximate surface area is 157 Å². The molecule has 2 N–H and O–H groups in total. The van der Waals surface area contributed by atoms with E-state index >= 15 is 0 Å². The summed E-state index contributed by atoms with van der Waals surface area (Å²) in [6, 6.07) is 2.75. The van der Waals surface area contributed by atoms with Crippen LogP contribution in [0.2, 0.25) is 5.02 Å². The Morgan fingerprint density at radius 3 is 2.62 bits per heavy atom. The van der Waals surface area contributed by atoms with E-state index in [-0.39, 0.29) is 11.8 Å². The first kappa shape index (κ1) is 17.3. The number of piperidine rings is 1. The van der Waals surface area contributed by atoms with Gasteiger partial charge < -0.3 is 15.2 Å². The Balaban J connectivity index is 1.46. The molecule has 26 heavy (non-hydrogen) atoms. The third kappa shape index (κ3) is 3.07. The van der Waals surface area contributed by atoms with Crippen LogP contribution in [0.4, 0.5) is 0 Å². The molecule has 2 amide bonds. The van der Waals surface area contributed by atoms with E-state index in [1.54, 1.807) is 19.1 Å². The van der Waals surface area contributed by atoms with Crippen LogP contribution >= 0.6 is 11.6 Å². The van der Waals surface area contributed by atoms with E-state index in [0.717, 1.165) is 25.9 Å². The second kappa shape index (κ2) is 6.27. The average Bonchev–Trinajstić information content (AvgIpc) is 3.24. The van der Waals surface area contributed by atoms with Crippen molar-refractivity contribution in [2.24, 2.45) is 5.41 Å². The van der Waals surface area contributed by atoms with Crippen molar-refractivity contribution < 1.29 is 9.59 Å². The van der Waals surface area contributed by atoms with Crippen LogP contribution in [0.5, 0.6) is 0 Å². The molecule has 1 spiro atoms. The molecular weight excluding hydrogens is 352 g/mol. The van der Waals surface area contributed by atoms with Gasteiger partial charge in [0.05, 0.1) is 16.1 Å². The number of aryl methyl sites for hydroxylation is 1. The molecule has 1 atom stereocenters. The molecule has 2 fully saturated rings. The van der Waals surface area contributed by atoms with E-state index in [9.17, 15) is 9.59 Å². The van der Waals surface area contributed by atoms with Gasteiger partial charge in [-0.2, -0.15) is 0 Å². The molecule has 2 aliphatic rings. The molecule has 138 valence electrons. The maximum atomic E-state index is 12.7. The van der Waals surface area contributed by atoms with Gasteiger partial charge in [-0.25, -0.2) is 4.98 Å². The largest absolute Gasteiger partial charge is 0.342 e. The van der Waals surface area contributed by atoms with Gasteiger partial charge in [-0.1, -0.05) is 11.6 Å². The molecule has 1 aromatic carbocycles. The molecule has 0 unspecified atom stereocenters. The van der Waals surface area contributed by atoms with E-state index in [1.165, 1.54) is 12.8 Å². The number of halogens is 1. The number of benzene rings is 1. The van der Waals surface area contributed by atoms with Crippen LogP contribution in [0.3, 0.4) is 0 Å². The predicted molar refractivity (Wildman–Crippen MR) is 100 cm³/mol. The number of nitrogens with zero attached hydrogens (tertiary/aromatic N) is 2. The van der Waals surface area contributed by atoms with Gasteiger partial charge in [0.25, 0.3) is 5.91 Å². The molecule has 0 bridgehead atoms. The zero-order valence-corrected chi connectivity index (χ0v) is 15.8. The number of rotatable bonds is 3. The molecule has 1 aliphatic heterocycles. The van der Waals surface area contributed by atoms with Crippen molar-refractivity contribution in [3.8, 4) is 0 Å². The third-order valence-corrected chi connectivity index (χ3v) is 6.07. The first-order chi connectivity index (χ1) is 12.4. The zero-order valence-electron chi connectivity index (χ0n) is 15.1. The predicted octanol–water partition coefficient (Wildman–Crippen LogP) is 3.05. The van der Waals surface area contributed by atoms with Gasteiger partial charge in [-0.15, -0.1) is 0 Å². The summed E-state index contributed by atoms with van der Waals surface area (Å²) in [6.07, 6.45) is 4.78. The number of aromatic amines is 1. The van der Waals surface area contributed by atoms with Crippen molar-refractivity contribution in [3.05, 3.63) is 28.5 Å². The van der Waals surface area contributed by atoms with Crippen LogP contribution in [-0.4, -0.2) is 45.8 Å². The maximum Gasteiger partial charge on any atom is 0.254 e. The number of imidazole rings is 1. The van der Waals surface area contributed by atoms with Crippen LogP contribution in [0.25, 0.3) is 11.0 Å². The van der Waals surface area contributed by atoms with Crippen molar-refractivity contribution in [2.45, 2.75) is 45.6 Å². The highest BCUT2D eigenvalue weighted by molar-refractivity contribution is 6.35. The summed E-state index contributed by atoms with van der Waals surface area (Å²) in [5.41, 5.74) is 2.14. The first-order valence-corrected chi connectivity index (χ1v) is 9.51. The summed E-state index contributed by atoms with van der Waals surface area (Å²) in [6.45, 7) is 5.15. The minimum atomic E-state index is -0.564. The molecule has 7 heteroatoms. The van der Waals surface area contributed by atoms with E-state index in [2.05, 4.69) is 15.3 Å². The number of likely N-dealkylation sites (tertiary alicyclic amines) is 1. The number of hydrogen-bond acceptors (Lipinski definition) is 3. The van der Waals surface area contributed by atoms with Crippen LogP contribution < -0.4 is 5.32 Å². The number of hydrogen-bond donors (Lipinski definition) is 2. The number of amides is 2. The van der Waals surface area contributed by atoms with Gasteiger partial charge in [0, 0.05) is 13.1 Å². The third-order valence-electron chi connectivity index (χ3n) is 5.77. The summed E-state index contributed by atoms with van der Waals surface area (Å²) in [7, 11) is 0. The highest BCUT2D eigenvalue weighted by Crippen LogP contribution is 2.53. The van der Waals surface area contributed by atoms with Gasteiger partial charge in [0.2, 0.25) is 5.91 Å². The molecule has 4 rings (SSSR count). The molecule has 0 radical (unpaired) electrons. The summed E-state index contributed by atoms with van der Waals surface area (Å²) < 4.78 is 0. The minimum absolute atomic E-state index is 0.0140. The van der Waals surface area contributed by atoms with E-state index < -0.39 is 6.04 Å². The van der Waals surface area contributed by atoms with E-state index in [1.807, 2.05) is 11.8 Å². The minimum Gasteiger partial charge on any atom is -0.342 e. The molecule has 1 saturated heterocycles. The fourth-order valence-corrected chi connectivity index (χ4v) is 4.06. The van der Waals surface area contributed by atoms with Crippen molar-refractivity contribution in [1.29, 1.82) is 0 Å². The lowest BCUT2D eigenvalue weighted by molar-refractivity contribution is -0.134. The SMILES string of the molecule is Cc1nc2c(Cl)ccc(C(=O)N[C@@H](C)C(=O)N3CCC4(CC3)CC4)c2[nH]1. The van der Waals surface area contributed by atoms with Gasteiger partial charge >= 0.3 is 0 Å². The van der Waals surface area contributed by atoms with Crippen LogP contribution in [-0.2, 0) is 4.79 Å². The number of fused-ring (bicyclic) bond motifs is 1. The van der Waals surface area contributed by atoms with Gasteiger partial charge in [-0.05, 0) is 57.1 Å². The monoisotopic (exact) mass is 374 g/mol. The summed E-state index contributed by atoms with van der Waals surface area (Å²) in [5.74, 6) is 0.375. The fraction of sp³-hybridized carbons (Fsp3) is 0.526. The molecule has 1 aliphatic carbocycles. The molecule has 6 nitrogen and oxygen atoms in total. The second-order valence-electron chi connectivity index (χ2n) is 7.66. The molecular formula is C19H23ClN4O2. The standard InChI is InChI=1S/C19H23ClN4O2/c1-11(18(26)24-9-7-19(5-6-19)8-10-24)21-17(25)13-3-4-14(20)16-15(13)22-12(2)23-16/h3-4,11H,5-10H2,1-2H3,(H,21,25)(H,22,23)/t11-/m0/s1. The summed E-state index contributed by atoms with van der Waals surface area (Å²) >= 11 is 6.16. The lowest BCUT2D eigenvalue weighted by Gasteiger charge is -2.33. The lowest BCUT2D eigenvalue weighted by Crippen LogP contribution is -2.49. The van der Waals surface area contributed by atoms with Gasteiger partial charge in [0.15, 0.2) is 0 Å². The van der Waals surface area contributed by atoms with Crippen molar-refractivity contribution in [3.63, 3.8) is 0 Å². The van der Waals surface area contributed by atoms with Crippen LogP contribution in [0.1, 0.15) is 48.8 Å². The fourth-order valence-electron chi connectivity index (χ4n) is 3.86. The molecule has 1 saturated carbocycles. The molecule has 2 heterocycles. The van der Waals surface area contributed by atoms with Crippen molar-refractivity contribution >= 4 is 34.4 Å². The van der Waals surface area contributed by atoms with E-state index in [4.69, 9.17) is 11.6 Å². The Morgan fingerprint density at radius 2 is 1.96 bits per heavy atom. The van der Waals surface area contributed by atoms with Crippen molar-refractivity contribution in [1.82, 2.24) is 20.2 Å². The Bertz CT molecular complexity index is 877. The second-order valence-corrected chi connectivity index (χ2v) is 8.07. The first-order valence-electron chi connectivity index (χ1n) is 9.13. The number of aromatic nitrogens is 2. The summed E-state index contributed by atoms with van der Waals surface area (Å²) in [5, 5.41) is 3.32. The molecule has 2 aromatic rings. The number of H-pyrrole nitrogens is 1. The topological polar surface area (TPSA) is 78.1 Å². The quantitative estimate of drug-likeness (QED) is 0.866. The Hall–Kier alpha value is -2.08. The average molecular weight is 375 g/mol. The van der Waals surface area contributed by atoms with Crippen LogP contribution in [0, 0.1) is 12.3 Å². The van der Waals surface area contributed by atoms with Gasteiger partial charge in [0.1, 0.15) is 17.4 Å². The Morgan fingerprint density at radius 1 is 1.27 bits per heavy atom. The van der Waals surface area contributed by atoms with Crippen molar-refractivity contribution in [2.75, 3.05) is 13.1 Å². The highest BCUT2D eigenvalue weighted by atomic mass is 35.5. The smallest absolute Gasteiger partial charge is 0.254 e. The maximum absolute atomic E-state index is 12.7. The number of nitrogens with one attached hydrogen (secondary N) is 2. The lowest BCUT2D eigenvalue weighted by atomic mass is 9.93. The number of carbonyl (C=O) groups excluding carboxylic acids is 2.